The molecule has 152 valence electrons. The third-order valence-corrected chi connectivity index (χ3v) is 4.57. The highest BCUT2D eigenvalue weighted by atomic mass is 16.5. The van der Waals surface area contributed by atoms with Crippen LogP contribution in [0.5, 0.6) is 0 Å². The van der Waals surface area contributed by atoms with Crippen LogP contribution >= 0.6 is 0 Å². The first-order chi connectivity index (χ1) is 14.0. The van der Waals surface area contributed by atoms with E-state index in [9.17, 15) is 9.59 Å². The van der Waals surface area contributed by atoms with Crippen molar-refractivity contribution in [3.8, 4) is 0 Å². The molecule has 1 amide bonds. The SMILES string of the molecule is COCC1=C(c2ccccc2)C(=O)N(c2ccccc2COC(=O)C(C)C)CO1. The minimum absolute atomic E-state index is 0.0585. The molecule has 0 aliphatic carbocycles. The quantitative estimate of drug-likeness (QED) is 0.668. The number of para-hydroxylation sites is 1. The number of ether oxygens (including phenoxy) is 3. The summed E-state index contributed by atoms with van der Waals surface area (Å²) in [5, 5.41) is 0. The number of hydrogen-bond donors (Lipinski definition) is 0. The number of benzene rings is 2. The summed E-state index contributed by atoms with van der Waals surface area (Å²) in [5.41, 5.74) is 2.62. The fraction of sp³-hybridized carbons (Fsp3) is 0.304. The number of carbonyl (C=O) groups is 2. The highest BCUT2D eigenvalue weighted by Gasteiger charge is 2.31. The maximum atomic E-state index is 13.4. The summed E-state index contributed by atoms with van der Waals surface area (Å²) < 4.78 is 16.5. The number of hydrogen-bond acceptors (Lipinski definition) is 5. The standard InChI is InChI=1S/C23H25NO5/c1-16(2)23(26)28-13-18-11-7-8-12-19(18)24-15-29-20(14-27-3)21(22(24)25)17-9-5-4-6-10-17/h4-12,16H,13-15H2,1-3H3. The molecule has 0 fully saturated rings. The second kappa shape index (κ2) is 9.39. The van der Waals surface area contributed by atoms with Crippen molar-refractivity contribution in [2.75, 3.05) is 25.3 Å². The normalized spacial score (nSPS) is 14.2. The Morgan fingerprint density at radius 1 is 1.07 bits per heavy atom. The summed E-state index contributed by atoms with van der Waals surface area (Å²) in [6.45, 7) is 3.92. The molecule has 3 rings (SSSR count). The van der Waals surface area contributed by atoms with Gasteiger partial charge >= 0.3 is 5.97 Å². The lowest BCUT2D eigenvalue weighted by Gasteiger charge is -2.32. The Kier molecular flexibility index (Phi) is 6.67. The van der Waals surface area contributed by atoms with Crippen LogP contribution in [0.15, 0.2) is 60.4 Å². The molecule has 0 saturated carbocycles. The molecule has 1 heterocycles. The minimum Gasteiger partial charge on any atom is -0.474 e. The number of anilines is 1. The number of rotatable bonds is 7. The van der Waals surface area contributed by atoms with Crippen molar-refractivity contribution < 1.29 is 23.8 Å². The van der Waals surface area contributed by atoms with Crippen LogP contribution in [-0.4, -0.2) is 32.3 Å². The lowest BCUT2D eigenvalue weighted by Crippen LogP contribution is -2.39. The van der Waals surface area contributed by atoms with Gasteiger partial charge in [0.15, 0.2) is 6.73 Å². The fourth-order valence-electron chi connectivity index (χ4n) is 3.05. The maximum absolute atomic E-state index is 13.4. The Bertz CT molecular complexity index is 904. The van der Waals surface area contributed by atoms with Crippen LogP contribution < -0.4 is 4.90 Å². The van der Waals surface area contributed by atoms with Crippen molar-refractivity contribution >= 4 is 23.1 Å². The molecule has 0 atom stereocenters. The summed E-state index contributed by atoms with van der Waals surface area (Å²) in [6.07, 6.45) is 0. The van der Waals surface area contributed by atoms with Gasteiger partial charge in [0.25, 0.3) is 5.91 Å². The number of esters is 1. The van der Waals surface area contributed by atoms with Crippen molar-refractivity contribution in [1.82, 2.24) is 0 Å². The van der Waals surface area contributed by atoms with Crippen LogP contribution in [0.2, 0.25) is 0 Å². The van der Waals surface area contributed by atoms with Crippen LogP contribution in [0, 0.1) is 5.92 Å². The fourth-order valence-corrected chi connectivity index (χ4v) is 3.05. The first kappa shape index (κ1) is 20.6. The second-order valence-electron chi connectivity index (χ2n) is 6.99. The molecule has 1 aliphatic heterocycles. The number of methoxy groups -OCH3 is 1. The summed E-state index contributed by atoms with van der Waals surface area (Å²) in [5.74, 6) is -0.180. The summed E-state index contributed by atoms with van der Waals surface area (Å²) in [7, 11) is 1.56. The van der Waals surface area contributed by atoms with E-state index in [2.05, 4.69) is 0 Å². The topological polar surface area (TPSA) is 65.1 Å². The predicted molar refractivity (Wildman–Crippen MR) is 110 cm³/mol. The van der Waals surface area contributed by atoms with Gasteiger partial charge in [0.05, 0.1) is 17.2 Å². The molecule has 6 heteroatoms. The van der Waals surface area contributed by atoms with E-state index in [-0.39, 0.29) is 37.7 Å². The molecular weight excluding hydrogens is 370 g/mol. The van der Waals surface area contributed by atoms with E-state index >= 15 is 0 Å². The minimum atomic E-state index is -0.284. The van der Waals surface area contributed by atoms with E-state index in [0.29, 0.717) is 17.0 Å². The van der Waals surface area contributed by atoms with Crippen LogP contribution in [0.25, 0.3) is 5.57 Å². The van der Waals surface area contributed by atoms with Crippen molar-refractivity contribution in [2.45, 2.75) is 20.5 Å². The maximum Gasteiger partial charge on any atom is 0.308 e. The lowest BCUT2D eigenvalue weighted by molar-refractivity contribution is -0.148. The zero-order chi connectivity index (χ0) is 20.8. The van der Waals surface area contributed by atoms with Crippen molar-refractivity contribution in [3.63, 3.8) is 0 Å². The first-order valence-electron chi connectivity index (χ1n) is 9.49. The second-order valence-corrected chi connectivity index (χ2v) is 6.99. The smallest absolute Gasteiger partial charge is 0.308 e. The molecule has 29 heavy (non-hydrogen) atoms. The van der Waals surface area contributed by atoms with E-state index in [4.69, 9.17) is 14.2 Å². The van der Waals surface area contributed by atoms with Gasteiger partial charge in [0.1, 0.15) is 19.0 Å². The largest absolute Gasteiger partial charge is 0.474 e. The number of nitrogens with zero attached hydrogens (tertiary/aromatic N) is 1. The van der Waals surface area contributed by atoms with Crippen LogP contribution in [0.3, 0.4) is 0 Å². The van der Waals surface area contributed by atoms with Crippen molar-refractivity contribution in [3.05, 3.63) is 71.5 Å². The van der Waals surface area contributed by atoms with Gasteiger partial charge in [-0.2, -0.15) is 0 Å². The van der Waals surface area contributed by atoms with Crippen LogP contribution in [0.4, 0.5) is 5.69 Å². The Balaban J connectivity index is 1.93. The Morgan fingerprint density at radius 2 is 1.76 bits per heavy atom. The van der Waals surface area contributed by atoms with Gasteiger partial charge in [0, 0.05) is 12.7 Å². The van der Waals surface area contributed by atoms with Gasteiger partial charge in [0.2, 0.25) is 0 Å². The average Bonchev–Trinajstić information content (AvgIpc) is 2.73. The molecule has 0 N–H and O–H groups in total. The molecule has 0 unspecified atom stereocenters. The summed E-state index contributed by atoms with van der Waals surface area (Å²) in [6, 6.07) is 16.7. The van der Waals surface area contributed by atoms with Crippen molar-refractivity contribution in [1.29, 1.82) is 0 Å². The van der Waals surface area contributed by atoms with Gasteiger partial charge in [-0.1, -0.05) is 62.4 Å². The molecular formula is C23H25NO5. The number of carbonyl (C=O) groups excluding carboxylic acids is 2. The average molecular weight is 395 g/mol. The molecule has 0 spiro atoms. The third kappa shape index (κ3) is 4.66. The van der Waals surface area contributed by atoms with E-state index in [1.807, 2.05) is 54.6 Å². The monoisotopic (exact) mass is 395 g/mol. The van der Waals surface area contributed by atoms with Gasteiger partial charge in [-0.25, -0.2) is 0 Å². The highest BCUT2D eigenvalue weighted by molar-refractivity contribution is 6.27. The number of amides is 1. The molecule has 0 saturated heterocycles. The zero-order valence-electron chi connectivity index (χ0n) is 16.9. The van der Waals surface area contributed by atoms with E-state index in [1.54, 1.807) is 25.9 Å². The van der Waals surface area contributed by atoms with E-state index < -0.39 is 0 Å². The molecule has 0 bridgehead atoms. The molecule has 2 aromatic carbocycles. The van der Waals surface area contributed by atoms with E-state index in [1.165, 1.54) is 0 Å². The summed E-state index contributed by atoms with van der Waals surface area (Å²) in [4.78, 5) is 26.9. The first-order valence-corrected chi connectivity index (χ1v) is 9.49. The van der Waals surface area contributed by atoms with Crippen LogP contribution in [-0.2, 0) is 30.4 Å². The van der Waals surface area contributed by atoms with Crippen LogP contribution in [0.1, 0.15) is 25.0 Å². The Morgan fingerprint density at radius 3 is 2.45 bits per heavy atom. The zero-order valence-corrected chi connectivity index (χ0v) is 16.9. The van der Waals surface area contributed by atoms with Gasteiger partial charge in [-0.05, 0) is 11.6 Å². The predicted octanol–water partition coefficient (Wildman–Crippen LogP) is 3.76. The van der Waals surface area contributed by atoms with E-state index in [0.717, 1.165) is 11.1 Å². The summed E-state index contributed by atoms with van der Waals surface area (Å²) >= 11 is 0. The van der Waals surface area contributed by atoms with Crippen molar-refractivity contribution in [2.24, 2.45) is 5.92 Å². The molecule has 2 aromatic rings. The molecule has 1 aliphatic rings. The Labute approximate surface area is 170 Å². The molecule has 0 radical (unpaired) electrons. The van der Waals surface area contributed by atoms with Gasteiger partial charge < -0.3 is 14.2 Å². The molecule has 0 aromatic heterocycles. The van der Waals surface area contributed by atoms with Gasteiger partial charge in [-0.3, -0.25) is 14.5 Å². The highest BCUT2D eigenvalue weighted by Crippen LogP contribution is 2.32. The molecule has 6 nitrogen and oxygen atoms in total. The van der Waals surface area contributed by atoms with Gasteiger partial charge in [-0.15, -0.1) is 0 Å². The lowest BCUT2D eigenvalue weighted by atomic mass is 10.0. The third-order valence-electron chi connectivity index (χ3n) is 4.57. The Hall–Kier alpha value is -3.12.